The predicted molar refractivity (Wildman–Crippen MR) is 64.6 cm³/mol. The molecule has 3 nitrogen and oxygen atoms in total. The third-order valence-electron chi connectivity index (χ3n) is 2.74. The summed E-state index contributed by atoms with van der Waals surface area (Å²) in [5.74, 6) is 0.203. The van der Waals surface area contributed by atoms with Crippen LogP contribution in [0, 0.1) is 0 Å². The van der Waals surface area contributed by atoms with E-state index in [0.29, 0.717) is 12.5 Å². The molecule has 1 unspecified atom stereocenters. The molecule has 1 atom stereocenters. The first-order valence-corrected chi connectivity index (χ1v) is 5.82. The third-order valence-corrected chi connectivity index (χ3v) is 2.74. The predicted octanol–water partition coefficient (Wildman–Crippen LogP) is 2.15. The minimum atomic E-state index is -0.246. The second kappa shape index (κ2) is 6.11. The molecule has 0 rings (SSSR count). The summed E-state index contributed by atoms with van der Waals surface area (Å²) < 4.78 is 0. The molecule has 0 fully saturated rings. The molecule has 0 saturated carbocycles. The molecular weight excluding hydrogens is 188 g/mol. The summed E-state index contributed by atoms with van der Waals surface area (Å²) in [6, 6.07) is 0.336. The van der Waals surface area contributed by atoms with Crippen LogP contribution in [0.5, 0.6) is 0 Å². The maximum absolute atomic E-state index is 11.8. The second-order valence-electron chi connectivity index (χ2n) is 5.13. The van der Waals surface area contributed by atoms with Crippen LogP contribution in [0.15, 0.2) is 0 Å². The first-order valence-electron chi connectivity index (χ1n) is 5.82. The van der Waals surface area contributed by atoms with Crippen LogP contribution in [-0.4, -0.2) is 29.4 Å². The number of nitrogens with zero attached hydrogens (tertiary/aromatic N) is 1. The van der Waals surface area contributed by atoms with Gasteiger partial charge in [0.1, 0.15) is 0 Å². The highest BCUT2D eigenvalue weighted by Crippen LogP contribution is 2.11. The van der Waals surface area contributed by atoms with E-state index in [-0.39, 0.29) is 11.4 Å². The monoisotopic (exact) mass is 214 g/mol. The van der Waals surface area contributed by atoms with E-state index in [1.54, 1.807) is 0 Å². The highest BCUT2D eigenvalue weighted by Gasteiger charge is 2.18. The number of rotatable bonds is 6. The van der Waals surface area contributed by atoms with Crippen LogP contribution in [0.1, 0.15) is 53.4 Å². The number of hydrogen-bond donors (Lipinski definition) is 1. The summed E-state index contributed by atoms with van der Waals surface area (Å²) in [7, 11) is 1.88. The Balaban J connectivity index is 3.99. The molecule has 0 aromatic rings. The average molecular weight is 214 g/mol. The van der Waals surface area contributed by atoms with Gasteiger partial charge in [-0.2, -0.15) is 0 Å². The molecule has 3 heteroatoms. The summed E-state index contributed by atoms with van der Waals surface area (Å²) in [6.45, 7) is 8.14. The van der Waals surface area contributed by atoms with E-state index in [9.17, 15) is 4.79 Å². The van der Waals surface area contributed by atoms with E-state index in [1.807, 2.05) is 25.8 Å². The van der Waals surface area contributed by atoms with Crippen molar-refractivity contribution in [1.29, 1.82) is 0 Å². The summed E-state index contributed by atoms with van der Waals surface area (Å²) in [6.07, 6.45) is 3.47. The van der Waals surface area contributed by atoms with Crippen LogP contribution in [0.2, 0.25) is 0 Å². The molecule has 2 N–H and O–H groups in total. The molecule has 90 valence electrons. The highest BCUT2D eigenvalue weighted by molar-refractivity contribution is 5.76. The average Bonchev–Trinajstić information content (AvgIpc) is 2.12. The van der Waals surface area contributed by atoms with E-state index >= 15 is 0 Å². The normalized spacial score (nSPS) is 13.7. The Labute approximate surface area is 94.0 Å². The van der Waals surface area contributed by atoms with Crippen molar-refractivity contribution in [2.24, 2.45) is 5.73 Å². The number of nitrogens with two attached hydrogens (primary N) is 1. The van der Waals surface area contributed by atoms with Gasteiger partial charge in [0.15, 0.2) is 0 Å². The Kier molecular flexibility index (Phi) is 5.88. The van der Waals surface area contributed by atoms with E-state index in [1.165, 1.54) is 0 Å². The van der Waals surface area contributed by atoms with E-state index in [4.69, 9.17) is 5.73 Å². The Morgan fingerprint density at radius 1 is 1.47 bits per heavy atom. The molecule has 0 aliphatic heterocycles. The lowest BCUT2D eigenvalue weighted by Crippen LogP contribution is -2.38. The molecule has 15 heavy (non-hydrogen) atoms. The summed E-state index contributed by atoms with van der Waals surface area (Å²) >= 11 is 0. The van der Waals surface area contributed by atoms with Gasteiger partial charge in [0.2, 0.25) is 5.91 Å². The molecule has 0 saturated heterocycles. The maximum Gasteiger partial charge on any atom is 0.222 e. The van der Waals surface area contributed by atoms with Crippen molar-refractivity contribution >= 4 is 5.91 Å². The summed E-state index contributed by atoms with van der Waals surface area (Å²) in [5, 5.41) is 0. The van der Waals surface area contributed by atoms with Gasteiger partial charge in [-0.25, -0.2) is 0 Å². The Morgan fingerprint density at radius 3 is 2.40 bits per heavy atom. The fourth-order valence-corrected chi connectivity index (χ4v) is 1.46. The van der Waals surface area contributed by atoms with Gasteiger partial charge in [0, 0.05) is 25.0 Å². The number of amides is 1. The molecule has 0 aliphatic carbocycles. The zero-order chi connectivity index (χ0) is 12.1. The van der Waals surface area contributed by atoms with Crippen molar-refractivity contribution in [3.63, 3.8) is 0 Å². The standard InChI is InChI=1S/C12H26N2O/c1-6-7-10(2)14(5)11(15)8-9-12(3,4)13/h10H,6-9,13H2,1-5H3. The van der Waals surface area contributed by atoms with Crippen molar-refractivity contribution in [3.05, 3.63) is 0 Å². The van der Waals surface area contributed by atoms with Gasteiger partial charge in [-0.3, -0.25) is 4.79 Å². The SMILES string of the molecule is CCCC(C)N(C)C(=O)CCC(C)(C)N. The van der Waals surface area contributed by atoms with Gasteiger partial charge in [-0.1, -0.05) is 13.3 Å². The minimum Gasteiger partial charge on any atom is -0.343 e. The lowest BCUT2D eigenvalue weighted by molar-refractivity contribution is -0.132. The second-order valence-corrected chi connectivity index (χ2v) is 5.13. The van der Waals surface area contributed by atoms with E-state index in [0.717, 1.165) is 19.3 Å². The molecule has 1 amide bonds. The first-order chi connectivity index (χ1) is 6.78. The smallest absolute Gasteiger partial charge is 0.222 e. The third kappa shape index (κ3) is 6.50. The van der Waals surface area contributed by atoms with Crippen molar-refractivity contribution < 1.29 is 4.79 Å². The molecule has 0 aliphatic rings. The van der Waals surface area contributed by atoms with Gasteiger partial charge in [-0.15, -0.1) is 0 Å². The van der Waals surface area contributed by atoms with Crippen LogP contribution in [0.4, 0.5) is 0 Å². The van der Waals surface area contributed by atoms with Crippen LogP contribution in [0.25, 0.3) is 0 Å². The fraction of sp³-hybridized carbons (Fsp3) is 0.917. The molecule has 0 aromatic heterocycles. The van der Waals surface area contributed by atoms with Gasteiger partial charge in [0.25, 0.3) is 0 Å². The van der Waals surface area contributed by atoms with Crippen LogP contribution in [-0.2, 0) is 4.79 Å². The number of hydrogen-bond acceptors (Lipinski definition) is 2. The van der Waals surface area contributed by atoms with E-state index in [2.05, 4.69) is 13.8 Å². The van der Waals surface area contributed by atoms with Crippen molar-refractivity contribution in [3.8, 4) is 0 Å². The highest BCUT2D eigenvalue weighted by atomic mass is 16.2. The lowest BCUT2D eigenvalue weighted by atomic mass is 9.99. The van der Waals surface area contributed by atoms with Crippen molar-refractivity contribution in [2.75, 3.05) is 7.05 Å². The molecule has 0 spiro atoms. The van der Waals surface area contributed by atoms with Crippen LogP contribution < -0.4 is 5.73 Å². The zero-order valence-electron chi connectivity index (χ0n) is 10.8. The molecule has 0 radical (unpaired) electrons. The first kappa shape index (κ1) is 14.4. The van der Waals surface area contributed by atoms with E-state index < -0.39 is 0 Å². The molecular formula is C12H26N2O. The van der Waals surface area contributed by atoms with Gasteiger partial charge in [0.05, 0.1) is 0 Å². The largest absolute Gasteiger partial charge is 0.343 e. The van der Waals surface area contributed by atoms with Crippen molar-refractivity contribution in [2.45, 2.75) is 65.0 Å². The van der Waals surface area contributed by atoms with Crippen LogP contribution in [0.3, 0.4) is 0 Å². The van der Waals surface area contributed by atoms with Gasteiger partial charge >= 0.3 is 0 Å². The summed E-state index contributed by atoms with van der Waals surface area (Å²) in [5.41, 5.74) is 5.60. The number of carbonyl (C=O) groups excluding carboxylic acids is 1. The molecule has 0 heterocycles. The summed E-state index contributed by atoms with van der Waals surface area (Å²) in [4.78, 5) is 13.6. The quantitative estimate of drug-likeness (QED) is 0.736. The Bertz CT molecular complexity index is 196. The Hall–Kier alpha value is -0.570. The van der Waals surface area contributed by atoms with Gasteiger partial charge < -0.3 is 10.6 Å². The lowest BCUT2D eigenvalue weighted by Gasteiger charge is -2.26. The maximum atomic E-state index is 11.8. The fourth-order valence-electron chi connectivity index (χ4n) is 1.46. The minimum absolute atomic E-state index is 0.203. The topological polar surface area (TPSA) is 46.3 Å². The molecule has 0 aromatic carbocycles. The van der Waals surface area contributed by atoms with Gasteiger partial charge in [-0.05, 0) is 33.6 Å². The van der Waals surface area contributed by atoms with Crippen molar-refractivity contribution in [1.82, 2.24) is 4.90 Å². The Morgan fingerprint density at radius 2 is 2.00 bits per heavy atom. The number of carbonyl (C=O) groups is 1. The molecule has 0 bridgehead atoms. The van der Waals surface area contributed by atoms with Crippen LogP contribution >= 0.6 is 0 Å². The zero-order valence-corrected chi connectivity index (χ0v) is 10.8.